The van der Waals surface area contributed by atoms with Crippen molar-refractivity contribution in [3.8, 4) is 0 Å². The number of carbonyl (C=O) groups excluding carboxylic acids is 4. The zero-order valence-corrected chi connectivity index (χ0v) is 21.8. The molecule has 212 valence electrons. The highest BCUT2D eigenvalue weighted by molar-refractivity contribution is 7.98. The van der Waals surface area contributed by atoms with E-state index in [4.69, 9.17) is 22.9 Å². The lowest BCUT2D eigenvalue weighted by atomic mass is 10.1. The molecule has 4 unspecified atom stereocenters. The number of nitrogens with one attached hydrogen (secondary N) is 4. The van der Waals surface area contributed by atoms with Crippen LogP contribution in [-0.4, -0.2) is 93.4 Å². The number of nitrogens with two attached hydrogens (primary N) is 4. The number of imidazole rings is 1. The maximum atomic E-state index is 13.1. The Morgan fingerprint density at radius 1 is 1.03 bits per heavy atom. The lowest BCUT2D eigenvalue weighted by molar-refractivity contribution is -0.142. The Labute approximate surface area is 223 Å². The molecule has 0 radical (unpaired) electrons. The lowest BCUT2D eigenvalue weighted by Crippen LogP contribution is -2.58. The summed E-state index contributed by atoms with van der Waals surface area (Å²) in [5.41, 5.74) is 22.1. The van der Waals surface area contributed by atoms with Crippen LogP contribution in [0.5, 0.6) is 0 Å². The number of thioether (sulfide) groups is 1. The maximum absolute atomic E-state index is 13.1. The number of primary amides is 1. The minimum absolute atomic E-state index is 0.0754. The van der Waals surface area contributed by atoms with E-state index in [1.807, 2.05) is 0 Å². The molecule has 13 N–H and O–H groups in total. The Morgan fingerprint density at radius 2 is 1.66 bits per heavy atom. The summed E-state index contributed by atoms with van der Waals surface area (Å²) in [4.78, 5) is 72.2. The molecule has 1 aromatic heterocycles. The first-order chi connectivity index (χ1) is 17.9. The Balaban J connectivity index is 2.98. The smallest absolute Gasteiger partial charge is 0.326 e. The first kappa shape index (κ1) is 32.2. The van der Waals surface area contributed by atoms with Crippen LogP contribution in [0.3, 0.4) is 0 Å². The van der Waals surface area contributed by atoms with Crippen molar-refractivity contribution in [1.29, 1.82) is 0 Å². The largest absolute Gasteiger partial charge is 0.480 e. The molecule has 1 rings (SSSR count). The number of rotatable bonds is 18. The van der Waals surface area contributed by atoms with E-state index in [2.05, 4.69) is 30.9 Å². The number of carbonyl (C=O) groups is 5. The SMILES string of the molecule is CSCCC(NC(=O)C(Cc1cnc[nH]1)NC(=O)C(CC(N)=O)NC(=O)C(N)CCCN=C(N)N)C(=O)O. The van der Waals surface area contributed by atoms with E-state index in [0.717, 1.165) is 0 Å². The molecule has 0 saturated carbocycles. The molecule has 38 heavy (non-hydrogen) atoms. The van der Waals surface area contributed by atoms with Gasteiger partial charge in [0, 0.05) is 24.9 Å². The molecule has 0 aliphatic rings. The monoisotopic (exact) mass is 556 g/mol. The number of nitrogens with zero attached hydrogens (tertiary/aromatic N) is 2. The molecule has 0 aromatic carbocycles. The normalized spacial score (nSPS) is 13.8. The van der Waals surface area contributed by atoms with Crippen molar-refractivity contribution < 1.29 is 29.1 Å². The first-order valence-corrected chi connectivity index (χ1v) is 13.0. The third-order valence-corrected chi connectivity index (χ3v) is 5.82. The summed E-state index contributed by atoms with van der Waals surface area (Å²) in [6.45, 7) is 0.243. The minimum atomic E-state index is -1.44. The van der Waals surface area contributed by atoms with Gasteiger partial charge in [-0.1, -0.05) is 0 Å². The average Bonchev–Trinajstić information content (AvgIpc) is 3.35. The van der Waals surface area contributed by atoms with Gasteiger partial charge in [-0.3, -0.25) is 24.2 Å². The molecule has 0 spiro atoms. The van der Waals surface area contributed by atoms with Crippen molar-refractivity contribution in [1.82, 2.24) is 25.9 Å². The summed E-state index contributed by atoms with van der Waals surface area (Å²) >= 11 is 1.41. The van der Waals surface area contributed by atoms with Gasteiger partial charge in [0.15, 0.2) is 5.96 Å². The molecule has 0 aliphatic carbocycles. The Morgan fingerprint density at radius 3 is 2.21 bits per heavy atom. The molecule has 1 aromatic rings. The number of aromatic amines is 1. The number of hydrogen-bond donors (Lipinski definition) is 9. The van der Waals surface area contributed by atoms with Gasteiger partial charge in [0.1, 0.15) is 18.1 Å². The van der Waals surface area contributed by atoms with Crippen molar-refractivity contribution in [3.05, 3.63) is 18.2 Å². The number of guanidine groups is 1. The molecule has 0 bridgehead atoms. The third kappa shape index (κ3) is 12.4. The van der Waals surface area contributed by atoms with E-state index < -0.39 is 60.2 Å². The number of carboxylic acid groups (broad SMARTS) is 1. The van der Waals surface area contributed by atoms with Gasteiger partial charge in [-0.2, -0.15) is 11.8 Å². The van der Waals surface area contributed by atoms with Crippen LogP contribution >= 0.6 is 11.8 Å². The zero-order valence-electron chi connectivity index (χ0n) is 21.0. The number of H-pyrrole nitrogens is 1. The second-order valence-corrected chi connectivity index (χ2v) is 9.30. The Bertz CT molecular complexity index is 970. The molecule has 0 aliphatic heterocycles. The average molecular weight is 557 g/mol. The first-order valence-electron chi connectivity index (χ1n) is 11.6. The number of aromatic nitrogens is 2. The summed E-state index contributed by atoms with van der Waals surface area (Å²) in [6.07, 6.45) is 4.68. The van der Waals surface area contributed by atoms with Crippen LogP contribution < -0.4 is 38.9 Å². The predicted molar refractivity (Wildman–Crippen MR) is 140 cm³/mol. The fourth-order valence-electron chi connectivity index (χ4n) is 3.20. The molecule has 16 nitrogen and oxygen atoms in total. The maximum Gasteiger partial charge on any atom is 0.326 e. The van der Waals surface area contributed by atoms with Crippen LogP contribution in [0.2, 0.25) is 0 Å². The van der Waals surface area contributed by atoms with E-state index in [1.165, 1.54) is 24.3 Å². The van der Waals surface area contributed by atoms with Crippen molar-refractivity contribution in [2.75, 3.05) is 18.6 Å². The topological polar surface area (TPSA) is 287 Å². The van der Waals surface area contributed by atoms with Gasteiger partial charge < -0.3 is 49.0 Å². The molecule has 0 fully saturated rings. The van der Waals surface area contributed by atoms with Crippen LogP contribution in [0.4, 0.5) is 0 Å². The van der Waals surface area contributed by atoms with Gasteiger partial charge in [-0.25, -0.2) is 9.78 Å². The number of aliphatic imine (C=N–C) groups is 1. The van der Waals surface area contributed by atoms with Crippen LogP contribution in [0.25, 0.3) is 0 Å². The van der Waals surface area contributed by atoms with Crippen LogP contribution in [0.1, 0.15) is 31.4 Å². The fraction of sp³-hybridized carbons (Fsp3) is 0.571. The third-order valence-electron chi connectivity index (χ3n) is 5.18. The summed E-state index contributed by atoms with van der Waals surface area (Å²) in [5, 5.41) is 16.7. The van der Waals surface area contributed by atoms with Crippen molar-refractivity contribution in [2.45, 2.75) is 56.3 Å². The van der Waals surface area contributed by atoms with Crippen molar-refractivity contribution in [3.63, 3.8) is 0 Å². The van der Waals surface area contributed by atoms with Gasteiger partial charge in [-0.05, 0) is 31.3 Å². The molecule has 1 heterocycles. The molecule has 4 amide bonds. The van der Waals surface area contributed by atoms with E-state index in [1.54, 1.807) is 6.26 Å². The van der Waals surface area contributed by atoms with Crippen molar-refractivity contribution >= 4 is 47.3 Å². The predicted octanol–water partition coefficient (Wildman–Crippen LogP) is -3.50. The van der Waals surface area contributed by atoms with E-state index in [0.29, 0.717) is 17.9 Å². The van der Waals surface area contributed by atoms with Gasteiger partial charge in [0.05, 0.1) is 18.8 Å². The second-order valence-electron chi connectivity index (χ2n) is 8.31. The summed E-state index contributed by atoms with van der Waals surface area (Å²) in [6, 6.07) is -4.93. The summed E-state index contributed by atoms with van der Waals surface area (Å²) in [5.74, 6) is -4.13. The van der Waals surface area contributed by atoms with Crippen LogP contribution in [0, 0.1) is 0 Å². The fourth-order valence-corrected chi connectivity index (χ4v) is 3.67. The highest BCUT2D eigenvalue weighted by Crippen LogP contribution is 2.06. The quantitative estimate of drug-likeness (QED) is 0.0485. The van der Waals surface area contributed by atoms with Crippen molar-refractivity contribution in [2.24, 2.45) is 27.9 Å². The zero-order chi connectivity index (χ0) is 28.7. The molecular formula is C21H36N10O6S. The van der Waals surface area contributed by atoms with Gasteiger partial charge in [0.25, 0.3) is 0 Å². The van der Waals surface area contributed by atoms with Gasteiger partial charge in [0.2, 0.25) is 23.6 Å². The van der Waals surface area contributed by atoms with Crippen LogP contribution in [0.15, 0.2) is 17.5 Å². The number of hydrogen-bond acceptors (Lipinski definition) is 9. The summed E-state index contributed by atoms with van der Waals surface area (Å²) < 4.78 is 0. The standard InChI is InChI=1S/C21H36N10O6S/c1-38-6-4-13(20(36)37)29-18(34)14(7-11-9-26-10-28-11)31-19(35)15(8-16(23)32)30-17(33)12(22)3-2-5-27-21(24)25/h9-10,12-15H,2-8,22H2,1H3,(H2,23,32)(H,26,28)(H,29,34)(H,30,33)(H,31,35)(H,36,37)(H4,24,25,27). The van der Waals surface area contributed by atoms with Gasteiger partial charge in [-0.15, -0.1) is 0 Å². The van der Waals surface area contributed by atoms with E-state index in [-0.39, 0.29) is 31.8 Å². The number of carboxylic acids is 1. The lowest BCUT2D eigenvalue weighted by Gasteiger charge is -2.24. The van der Waals surface area contributed by atoms with Crippen LogP contribution in [-0.2, 0) is 30.4 Å². The summed E-state index contributed by atoms with van der Waals surface area (Å²) in [7, 11) is 0. The molecule has 4 atom stereocenters. The van der Waals surface area contributed by atoms with Gasteiger partial charge >= 0.3 is 5.97 Å². The van der Waals surface area contributed by atoms with E-state index >= 15 is 0 Å². The molecular weight excluding hydrogens is 520 g/mol. The second kappa shape index (κ2) is 16.8. The minimum Gasteiger partial charge on any atom is -0.480 e. The molecule has 17 heteroatoms. The van der Waals surface area contributed by atoms with E-state index in [9.17, 15) is 29.1 Å². The number of aliphatic carboxylic acids is 1. The Kier molecular flexibility index (Phi) is 14.2. The highest BCUT2D eigenvalue weighted by atomic mass is 32.2. The number of amides is 4. The Hall–Kier alpha value is -3.86. The highest BCUT2D eigenvalue weighted by Gasteiger charge is 2.31. The molecule has 0 saturated heterocycles.